The van der Waals surface area contributed by atoms with Crippen LogP contribution in [-0.4, -0.2) is 36.3 Å². The molecule has 2 amide bonds. The Hall–Kier alpha value is -2.31. The van der Waals surface area contributed by atoms with Gasteiger partial charge in [0, 0.05) is 34.5 Å². The average Bonchev–Trinajstić information content (AvgIpc) is 3.18. The second kappa shape index (κ2) is 8.37. The van der Waals surface area contributed by atoms with Crippen molar-refractivity contribution >= 4 is 35.0 Å². The summed E-state index contributed by atoms with van der Waals surface area (Å²) in [6.45, 7) is 3.49. The smallest absolute Gasteiger partial charge is 0.258 e. The maximum absolute atomic E-state index is 13.3. The number of thioether (sulfide) groups is 1. The summed E-state index contributed by atoms with van der Waals surface area (Å²) >= 11 is 1.81. The fourth-order valence-electron chi connectivity index (χ4n) is 3.59. The number of benzene rings is 2. The number of ether oxygens (including phenoxy) is 1. The van der Waals surface area contributed by atoms with Gasteiger partial charge in [0.1, 0.15) is 6.10 Å². The molecule has 0 bridgehead atoms. The third kappa shape index (κ3) is 4.08. The van der Waals surface area contributed by atoms with Crippen LogP contribution in [0, 0.1) is 0 Å². The number of amides is 2. The predicted molar refractivity (Wildman–Crippen MR) is 112 cm³/mol. The summed E-state index contributed by atoms with van der Waals surface area (Å²) in [5.74, 6) is -0.192. The van der Waals surface area contributed by atoms with Gasteiger partial charge < -0.3 is 15.0 Å². The Morgan fingerprint density at radius 1 is 1.14 bits per heavy atom. The predicted octanol–water partition coefficient (Wildman–Crippen LogP) is 4.34. The quantitative estimate of drug-likeness (QED) is 0.839. The van der Waals surface area contributed by atoms with Crippen molar-refractivity contribution in [1.82, 2.24) is 0 Å². The van der Waals surface area contributed by atoms with E-state index in [0.29, 0.717) is 29.7 Å². The molecule has 2 aromatic rings. The lowest BCUT2D eigenvalue weighted by atomic mass is 10.1. The van der Waals surface area contributed by atoms with Crippen molar-refractivity contribution in [2.75, 3.05) is 23.4 Å². The fraction of sp³-hybridized carbons (Fsp3) is 0.364. The number of hydrogen-bond donors (Lipinski definition) is 1. The number of rotatable bonds is 3. The lowest BCUT2D eigenvalue weighted by Gasteiger charge is -2.23. The standard InChI is InChI=1S/C22H24N2O3S/c1-15-11-12-24(18-8-2-3-10-20(18)28-15)22(26)16-6-4-7-17(14-16)23-21(25)19-9-5-13-27-19/h2-4,6-8,10,14-15,19H,5,9,11-13H2,1H3,(H,23,25)/t15-,19+/m0/s1. The maximum Gasteiger partial charge on any atom is 0.258 e. The van der Waals surface area contributed by atoms with Crippen molar-refractivity contribution < 1.29 is 14.3 Å². The zero-order valence-corrected chi connectivity index (χ0v) is 16.7. The van der Waals surface area contributed by atoms with E-state index in [9.17, 15) is 9.59 Å². The van der Waals surface area contributed by atoms with Gasteiger partial charge in [0.05, 0.1) is 5.69 Å². The second-order valence-corrected chi connectivity index (χ2v) is 8.69. The highest BCUT2D eigenvalue weighted by Crippen LogP contribution is 2.37. The zero-order chi connectivity index (χ0) is 19.5. The minimum atomic E-state index is -0.393. The van der Waals surface area contributed by atoms with Crippen molar-refractivity contribution in [3.63, 3.8) is 0 Å². The first-order valence-corrected chi connectivity index (χ1v) is 10.6. The molecule has 0 saturated carbocycles. The van der Waals surface area contributed by atoms with Crippen molar-refractivity contribution in [1.29, 1.82) is 0 Å². The summed E-state index contributed by atoms with van der Waals surface area (Å²) < 4.78 is 5.43. The lowest BCUT2D eigenvalue weighted by molar-refractivity contribution is -0.124. The van der Waals surface area contributed by atoms with Gasteiger partial charge in [-0.15, -0.1) is 11.8 Å². The van der Waals surface area contributed by atoms with Crippen molar-refractivity contribution in [2.24, 2.45) is 0 Å². The molecular formula is C22H24N2O3S. The molecule has 146 valence electrons. The van der Waals surface area contributed by atoms with Crippen LogP contribution >= 0.6 is 11.8 Å². The highest BCUT2D eigenvalue weighted by molar-refractivity contribution is 8.00. The SMILES string of the molecule is C[C@H]1CCN(C(=O)c2cccc(NC(=O)[C@H]3CCCO3)c2)c2ccccc2S1. The zero-order valence-electron chi connectivity index (χ0n) is 15.9. The number of nitrogens with one attached hydrogen (secondary N) is 1. The number of anilines is 2. The molecule has 2 heterocycles. The van der Waals surface area contributed by atoms with Gasteiger partial charge in [-0.1, -0.05) is 25.1 Å². The van der Waals surface area contributed by atoms with Gasteiger partial charge in [0.2, 0.25) is 0 Å². The average molecular weight is 397 g/mol. The molecule has 2 aliphatic rings. The third-order valence-electron chi connectivity index (χ3n) is 5.09. The maximum atomic E-state index is 13.3. The van der Waals surface area contributed by atoms with E-state index in [-0.39, 0.29) is 11.8 Å². The summed E-state index contributed by atoms with van der Waals surface area (Å²) in [5, 5.41) is 3.34. The molecule has 4 rings (SSSR count). The molecule has 2 aliphatic heterocycles. The van der Waals surface area contributed by atoms with E-state index in [1.54, 1.807) is 24.3 Å². The van der Waals surface area contributed by atoms with E-state index in [1.165, 1.54) is 0 Å². The van der Waals surface area contributed by atoms with Crippen LogP contribution in [0.3, 0.4) is 0 Å². The van der Waals surface area contributed by atoms with Gasteiger partial charge >= 0.3 is 0 Å². The summed E-state index contributed by atoms with van der Waals surface area (Å²) in [6, 6.07) is 15.2. The number of nitrogens with zero attached hydrogens (tertiary/aromatic N) is 1. The monoisotopic (exact) mass is 396 g/mol. The van der Waals surface area contributed by atoms with Crippen molar-refractivity contribution in [3.8, 4) is 0 Å². The van der Waals surface area contributed by atoms with Crippen LogP contribution < -0.4 is 10.2 Å². The second-order valence-electron chi connectivity index (χ2n) is 7.21. The number of para-hydroxylation sites is 1. The first-order valence-electron chi connectivity index (χ1n) is 9.72. The van der Waals surface area contributed by atoms with Gasteiger partial charge in [0.25, 0.3) is 11.8 Å². The topological polar surface area (TPSA) is 58.6 Å². The molecule has 28 heavy (non-hydrogen) atoms. The van der Waals surface area contributed by atoms with Gasteiger partial charge in [-0.25, -0.2) is 0 Å². The van der Waals surface area contributed by atoms with Crippen LogP contribution in [0.1, 0.15) is 36.5 Å². The van der Waals surface area contributed by atoms with E-state index in [0.717, 1.165) is 29.8 Å². The summed E-state index contributed by atoms with van der Waals surface area (Å²) in [4.78, 5) is 28.6. The van der Waals surface area contributed by atoms with Gasteiger partial charge in [-0.3, -0.25) is 9.59 Å². The minimum Gasteiger partial charge on any atom is -0.368 e. The molecule has 2 aromatic carbocycles. The first kappa shape index (κ1) is 19.0. The molecule has 6 heteroatoms. The van der Waals surface area contributed by atoms with E-state index >= 15 is 0 Å². The van der Waals surface area contributed by atoms with Crippen LogP contribution in [0.4, 0.5) is 11.4 Å². The number of hydrogen-bond acceptors (Lipinski definition) is 4. The van der Waals surface area contributed by atoms with Gasteiger partial charge in [0.15, 0.2) is 0 Å². The molecule has 0 aliphatic carbocycles. The van der Waals surface area contributed by atoms with E-state index in [2.05, 4.69) is 18.3 Å². The Balaban J connectivity index is 1.56. The lowest BCUT2D eigenvalue weighted by Crippen LogP contribution is -2.32. The first-order chi connectivity index (χ1) is 13.6. The normalized spacial score (nSPS) is 21.7. The van der Waals surface area contributed by atoms with Gasteiger partial charge in [-0.05, 0) is 49.6 Å². The highest BCUT2D eigenvalue weighted by atomic mass is 32.2. The Bertz CT molecular complexity index is 880. The number of carbonyl (C=O) groups excluding carboxylic acids is 2. The van der Waals surface area contributed by atoms with Crippen LogP contribution in [0.25, 0.3) is 0 Å². The Labute approximate surface area is 169 Å². The fourth-order valence-corrected chi connectivity index (χ4v) is 4.70. The molecule has 0 unspecified atom stereocenters. The van der Waals surface area contributed by atoms with Crippen molar-refractivity contribution in [3.05, 3.63) is 54.1 Å². The van der Waals surface area contributed by atoms with E-state index < -0.39 is 6.10 Å². The Morgan fingerprint density at radius 3 is 2.82 bits per heavy atom. The number of fused-ring (bicyclic) bond motifs is 1. The molecule has 0 aromatic heterocycles. The van der Waals surface area contributed by atoms with Crippen LogP contribution in [0.5, 0.6) is 0 Å². The summed E-state index contributed by atoms with van der Waals surface area (Å²) in [5.41, 5.74) is 2.15. The van der Waals surface area contributed by atoms with E-state index in [4.69, 9.17) is 4.74 Å². The van der Waals surface area contributed by atoms with Crippen LogP contribution in [-0.2, 0) is 9.53 Å². The summed E-state index contributed by atoms with van der Waals surface area (Å²) in [7, 11) is 0. The molecule has 0 radical (unpaired) electrons. The van der Waals surface area contributed by atoms with Crippen LogP contribution in [0.15, 0.2) is 53.4 Å². The molecule has 1 fully saturated rings. The van der Waals surface area contributed by atoms with Gasteiger partial charge in [-0.2, -0.15) is 0 Å². The van der Waals surface area contributed by atoms with Crippen molar-refractivity contribution in [2.45, 2.75) is 42.4 Å². The number of carbonyl (C=O) groups is 2. The molecule has 1 N–H and O–H groups in total. The molecule has 0 spiro atoms. The molecule has 2 atom stereocenters. The Morgan fingerprint density at radius 2 is 2.00 bits per heavy atom. The Kier molecular flexibility index (Phi) is 5.69. The minimum absolute atomic E-state index is 0.0460. The highest BCUT2D eigenvalue weighted by Gasteiger charge is 2.26. The van der Waals surface area contributed by atoms with Crippen LogP contribution in [0.2, 0.25) is 0 Å². The molecular weight excluding hydrogens is 372 g/mol. The third-order valence-corrected chi connectivity index (χ3v) is 6.32. The summed E-state index contributed by atoms with van der Waals surface area (Å²) in [6.07, 6.45) is 2.18. The molecule has 1 saturated heterocycles. The van der Waals surface area contributed by atoms with E-state index in [1.807, 2.05) is 34.9 Å². The molecule has 5 nitrogen and oxygen atoms in total. The largest absolute Gasteiger partial charge is 0.368 e.